The van der Waals surface area contributed by atoms with E-state index in [0.717, 1.165) is 6.42 Å². The van der Waals surface area contributed by atoms with E-state index < -0.39 is 0 Å². The molecule has 2 nitrogen and oxygen atoms in total. The van der Waals surface area contributed by atoms with Crippen LogP contribution in [0.15, 0.2) is 53.6 Å². The van der Waals surface area contributed by atoms with Gasteiger partial charge in [-0.25, -0.2) is 4.79 Å². The highest BCUT2D eigenvalue weighted by Gasteiger charge is 2.26. The normalized spacial score (nSPS) is 19.9. The summed E-state index contributed by atoms with van der Waals surface area (Å²) in [6, 6.07) is 8.34. The molecule has 0 spiro atoms. The maximum Gasteiger partial charge on any atom is 0.337 e. The van der Waals surface area contributed by atoms with E-state index >= 15 is 0 Å². The highest BCUT2D eigenvalue weighted by molar-refractivity contribution is 5.93. The number of fused-ring (bicyclic) bond motifs is 3. The summed E-state index contributed by atoms with van der Waals surface area (Å²) in [5.74, 6) is -0.00450. The van der Waals surface area contributed by atoms with Gasteiger partial charge in [0.2, 0.25) is 0 Å². The number of esters is 1. The minimum Gasteiger partial charge on any atom is -0.462 e. The number of rotatable bonds is 2. The third-order valence-electron chi connectivity index (χ3n) is 3.58. The fraction of sp³-hybridized carbons (Fsp3) is 0.235. The van der Waals surface area contributed by atoms with Gasteiger partial charge in [0.25, 0.3) is 0 Å². The third kappa shape index (κ3) is 2.14. The quantitative estimate of drug-likeness (QED) is 0.751. The highest BCUT2D eigenvalue weighted by Crippen LogP contribution is 2.39. The first-order valence-electron chi connectivity index (χ1n) is 6.64. The van der Waals surface area contributed by atoms with Gasteiger partial charge < -0.3 is 4.74 Å². The minimum atomic E-state index is -0.218. The molecule has 0 bridgehead atoms. The Bertz CT molecular complexity index is 605. The van der Waals surface area contributed by atoms with Crippen LogP contribution < -0.4 is 0 Å². The summed E-state index contributed by atoms with van der Waals surface area (Å²) >= 11 is 0. The molecule has 3 rings (SSSR count). The molecule has 0 radical (unpaired) electrons. The molecule has 0 N–H and O–H groups in total. The average molecular weight is 252 g/mol. The number of benzene rings is 1. The first-order valence-corrected chi connectivity index (χ1v) is 6.64. The van der Waals surface area contributed by atoms with E-state index in [-0.39, 0.29) is 11.9 Å². The number of hydrogen-bond acceptors (Lipinski definition) is 2. The Morgan fingerprint density at radius 2 is 2.21 bits per heavy atom. The van der Waals surface area contributed by atoms with Gasteiger partial charge >= 0.3 is 5.97 Å². The number of hydrogen-bond donors (Lipinski definition) is 0. The molecule has 0 aromatic heterocycles. The van der Waals surface area contributed by atoms with Crippen molar-refractivity contribution >= 4 is 12.0 Å². The Hall–Kier alpha value is -2.09. The van der Waals surface area contributed by atoms with Crippen molar-refractivity contribution in [2.45, 2.75) is 19.3 Å². The summed E-state index contributed by atoms with van der Waals surface area (Å²) in [6.45, 7) is 2.25. The maximum atomic E-state index is 11.8. The molecular weight excluding hydrogens is 236 g/mol. The van der Waals surface area contributed by atoms with Gasteiger partial charge in [-0.2, -0.15) is 0 Å². The predicted molar refractivity (Wildman–Crippen MR) is 75.6 cm³/mol. The summed E-state index contributed by atoms with van der Waals surface area (Å²) in [5, 5.41) is 0. The SMILES string of the molecule is CCOC(=O)C1=CC2C(=C1)CC=Cc1ccccc12. The lowest BCUT2D eigenvalue weighted by atomic mass is 9.91. The fourth-order valence-electron chi connectivity index (χ4n) is 2.71. The van der Waals surface area contributed by atoms with Crippen molar-refractivity contribution < 1.29 is 9.53 Å². The largest absolute Gasteiger partial charge is 0.462 e. The Morgan fingerprint density at radius 3 is 3.05 bits per heavy atom. The number of carbonyl (C=O) groups is 1. The van der Waals surface area contributed by atoms with Crippen molar-refractivity contribution in [1.82, 2.24) is 0 Å². The first kappa shape index (κ1) is 12.0. The van der Waals surface area contributed by atoms with Crippen molar-refractivity contribution in [2.24, 2.45) is 0 Å². The van der Waals surface area contributed by atoms with Crippen LogP contribution in [-0.2, 0) is 9.53 Å². The van der Waals surface area contributed by atoms with E-state index in [1.807, 2.05) is 31.2 Å². The van der Waals surface area contributed by atoms with Crippen molar-refractivity contribution in [1.29, 1.82) is 0 Å². The smallest absolute Gasteiger partial charge is 0.337 e. The van der Waals surface area contributed by atoms with E-state index in [0.29, 0.717) is 12.2 Å². The molecule has 2 heteroatoms. The molecule has 0 heterocycles. The molecule has 0 fully saturated rings. The lowest BCUT2D eigenvalue weighted by Crippen LogP contribution is -2.05. The summed E-state index contributed by atoms with van der Waals surface area (Å²) in [4.78, 5) is 11.8. The van der Waals surface area contributed by atoms with Gasteiger partial charge in [0.05, 0.1) is 12.2 Å². The second-order valence-corrected chi connectivity index (χ2v) is 4.77. The standard InChI is InChI=1S/C17H16O2/c1-2-19-17(18)14-10-13-8-5-7-12-6-3-4-9-15(12)16(13)11-14/h3-7,9-11,16H,2,8H2,1H3. The molecule has 2 aliphatic rings. The monoisotopic (exact) mass is 252 g/mol. The van der Waals surface area contributed by atoms with Gasteiger partial charge in [0.15, 0.2) is 0 Å². The van der Waals surface area contributed by atoms with Crippen molar-refractivity contribution in [3.05, 3.63) is 64.8 Å². The molecule has 0 saturated heterocycles. The van der Waals surface area contributed by atoms with Crippen LogP contribution in [0, 0.1) is 0 Å². The first-order chi connectivity index (χ1) is 9.29. The average Bonchev–Trinajstić information content (AvgIpc) is 2.77. The lowest BCUT2D eigenvalue weighted by Gasteiger charge is -2.13. The summed E-state index contributed by atoms with van der Waals surface area (Å²) in [7, 11) is 0. The maximum absolute atomic E-state index is 11.8. The third-order valence-corrected chi connectivity index (χ3v) is 3.58. The fourth-order valence-corrected chi connectivity index (χ4v) is 2.71. The van der Waals surface area contributed by atoms with Gasteiger partial charge in [-0.15, -0.1) is 0 Å². The second-order valence-electron chi connectivity index (χ2n) is 4.77. The van der Waals surface area contributed by atoms with Crippen LogP contribution in [0.4, 0.5) is 0 Å². The van der Waals surface area contributed by atoms with E-state index in [9.17, 15) is 4.79 Å². The van der Waals surface area contributed by atoms with Gasteiger partial charge in [-0.3, -0.25) is 0 Å². The predicted octanol–water partition coefficient (Wildman–Crippen LogP) is 3.62. The van der Waals surface area contributed by atoms with Gasteiger partial charge in [0, 0.05) is 5.92 Å². The summed E-state index contributed by atoms with van der Waals surface area (Å²) in [5.41, 5.74) is 4.45. The van der Waals surface area contributed by atoms with Crippen molar-refractivity contribution in [2.75, 3.05) is 6.61 Å². The topological polar surface area (TPSA) is 26.3 Å². The minimum absolute atomic E-state index is 0.214. The highest BCUT2D eigenvalue weighted by atomic mass is 16.5. The van der Waals surface area contributed by atoms with Crippen LogP contribution in [-0.4, -0.2) is 12.6 Å². The Labute approximate surface area is 113 Å². The van der Waals surface area contributed by atoms with Crippen LogP contribution in [0.3, 0.4) is 0 Å². The van der Waals surface area contributed by atoms with Crippen molar-refractivity contribution in [3.8, 4) is 0 Å². The molecule has 1 aromatic rings. The van der Waals surface area contributed by atoms with Crippen LogP contribution >= 0.6 is 0 Å². The summed E-state index contributed by atoms with van der Waals surface area (Å²) < 4.78 is 5.08. The zero-order valence-corrected chi connectivity index (χ0v) is 10.9. The molecule has 1 unspecified atom stereocenters. The lowest BCUT2D eigenvalue weighted by molar-refractivity contribution is -0.138. The van der Waals surface area contributed by atoms with Gasteiger partial charge in [-0.05, 0) is 30.5 Å². The Kier molecular flexibility index (Phi) is 3.08. The van der Waals surface area contributed by atoms with E-state index in [2.05, 4.69) is 24.3 Å². The van der Waals surface area contributed by atoms with Gasteiger partial charge in [0.1, 0.15) is 0 Å². The molecule has 96 valence electrons. The number of carbonyl (C=O) groups excluding carboxylic acids is 1. The Morgan fingerprint density at radius 1 is 1.37 bits per heavy atom. The van der Waals surface area contributed by atoms with E-state index in [1.165, 1.54) is 16.7 Å². The van der Waals surface area contributed by atoms with E-state index in [1.54, 1.807) is 0 Å². The molecule has 1 atom stereocenters. The Balaban J connectivity index is 2.00. The molecular formula is C17H16O2. The number of allylic oxidation sites excluding steroid dienone is 3. The molecule has 0 amide bonds. The molecule has 0 aliphatic heterocycles. The van der Waals surface area contributed by atoms with Gasteiger partial charge in [-0.1, -0.05) is 48.1 Å². The zero-order valence-electron chi connectivity index (χ0n) is 10.9. The molecule has 19 heavy (non-hydrogen) atoms. The molecule has 1 aromatic carbocycles. The van der Waals surface area contributed by atoms with Crippen LogP contribution in [0.25, 0.3) is 6.08 Å². The van der Waals surface area contributed by atoms with Crippen molar-refractivity contribution in [3.63, 3.8) is 0 Å². The van der Waals surface area contributed by atoms with Crippen LogP contribution in [0.2, 0.25) is 0 Å². The molecule has 0 saturated carbocycles. The summed E-state index contributed by atoms with van der Waals surface area (Å²) in [6.07, 6.45) is 9.21. The zero-order chi connectivity index (χ0) is 13.2. The van der Waals surface area contributed by atoms with Crippen LogP contribution in [0.5, 0.6) is 0 Å². The molecule has 2 aliphatic carbocycles. The van der Waals surface area contributed by atoms with E-state index in [4.69, 9.17) is 4.74 Å². The number of ether oxygens (including phenoxy) is 1. The van der Waals surface area contributed by atoms with Crippen LogP contribution in [0.1, 0.15) is 30.4 Å². The second kappa shape index (κ2) is 4.88.